The Hall–Kier alpha value is -0.290. The first-order valence-electron chi connectivity index (χ1n) is 7.75. The molecule has 2 unspecified atom stereocenters. The van der Waals surface area contributed by atoms with E-state index in [1.165, 1.54) is 0 Å². The molecule has 0 saturated carbocycles. The van der Waals surface area contributed by atoms with Crippen molar-refractivity contribution in [2.45, 2.75) is 65.2 Å². The van der Waals surface area contributed by atoms with Crippen molar-refractivity contribution in [3.63, 3.8) is 0 Å². The smallest absolute Gasteiger partial charge is 0.311 e. The molecule has 0 radical (unpaired) electrons. The van der Waals surface area contributed by atoms with Crippen LogP contribution in [0.1, 0.15) is 47.0 Å². The zero-order valence-electron chi connectivity index (χ0n) is 13.1. The van der Waals surface area contributed by atoms with Gasteiger partial charge in [0, 0.05) is 31.6 Å². The molecule has 0 aromatic heterocycles. The van der Waals surface area contributed by atoms with E-state index in [4.69, 9.17) is 0 Å². The summed E-state index contributed by atoms with van der Waals surface area (Å²) in [5.41, 5.74) is 0. The third kappa shape index (κ3) is 6.00. The Morgan fingerprint density at radius 2 is 1.75 bits per heavy atom. The highest BCUT2D eigenvalue weighted by molar-refractivity contribution is 4.88. The summed E-state index contributed by atoms with van der Waals surface area (Å²) in [7, 11) is 0. The number of hydrogen-bond acceptors (Lipinski definition) is 2. The number of nitrogens with zero attached hydrogens (tertiary/aromatic N) is 1. The van der Waals surface area contributed by atoms with Crippen molar-refractivity contribution >= 4 is 0 Å². The fourth-order valence-electron chi connectivity index (χ4n) is 2.86. The Morgan fingerprint density at radius 3 is 2.25 bits per heavy atom. The molecule has 0 aromatic carbocycles. The Balaban J connectivity index is 2.44. The second kappa shape index (κ2) is 7.64. The van der Waals surface area contributed by atoms with E-state index in [1.807, 2.05) is 0 Å². The van der Waals surface area contributed by atoms with Gasteiger partial charge in [0.25, 0.3) is 0 Å². The first-order chi connectivity index (χ1) is 9.20. The van der Waals surface area contributed by atoms with Crippen molar-refractivity contribution in [1.82, 2.24) is 10.2 Å². The minimum atomic E-state index is -4.01. The van der Waals surface area contributed by atoms with Gasteiger partial charge in [-0.05, 0) is 31.2 Å². The van der Waals surface area contributed by atoms with E-state index in [1.54, 1.807) is 0 Å². The van der Waals surface area contributed by atoms with Gasteiger partial charge in [-0.25, -0.2) is 0 Å². The Labute approximate surface area is 121 Å². The van der Waals surface area contributed by atoms with Crippen molar-refractivity contribution in [2.75, 3.05) is 19.6 Å². The maximum absolute atomic E-state index is 12.2. The second-order valence-electron chi connectivity index (χ2n) is 6.64. The molecular formula is C15H29F3N2. The van der Waals surface area contributed by atoms with Gasteiger partial charge in [0.15, 0.2) is 0 Å². The number of rotatable bonds is 6. The van der Waals surface area contributed by atoms with E-state index in [2.05, 4.69) is 37.9 Å². The molecule has 1 rings (SSSR count). The van der Waals surface area contributed by atoms with E-state index in [9.17, 15) is 13.2 Å². The van der Waals surface area contributed by atoms with E-state index >= 15 is 0 Å². The lowest BCUT2D eigenvalue weighted by Gasteiger charge is -2.43. The highest BCUT2D eigenvalue weighted by Gasteiger charge is 2.31. The van der Waals surface area contributed by atoms with Gasteiger partial charge in [0.1, 0.15) is 0 Å². The van der Waals surface area contributed by atoms with Crippen molar-refractivity contribution in [3.8, 4) is 0 Å². The highest BCUT2D eigenvalue weighted by atomic mass is 19.4. The molecule has 1 saturated heterocycles. The molecular weight excluding hydrogens is 265 g/mol. The second-order valence-corrected chi connectivity index (χ2v) is 6.64. The SMILES string of the molecule is CC(C)C1CN(CCCCC(F)(F)F)C(C(C)C)CN1. The lowest BCUT2D eigenvalue weighted by molar-refractivity contribution is -0.135. The number of alkyl halides is 3. The molecule has 1 heterocycles. The summed E-state index contributed by atoms with van der Waals surface area (Å²) >= 11 is 0. The fourth-order valence-corrected chi connectivity index (χ4v) is 2.86. The molecule has 1 N–H and O–H groups in total. The van der Waals surface area contributed by atoms with E-state index < -0.39 is 12.6 Å². The van der Waals surface area contributed by atoms with Crippen LogP contribution in [0.2, 0.25) is 0 Å². The van der Waals surface area contributed by atoms with E-state index in [0.29, 0.717) is 30.3 Å². The number of piperazine rings is 1. The number of hydrogen-bond donors (Lipinski definition) is 1. The van der Waals surface area contributed by atoms with E-state index in [-0.39, 0.29) is 6.42 Å². The molecule has 1 aliphatic heterocycles. The summed E-state index contributed by atoms with van der Waals surface area (Å²) in [6.45, 7) is 11.4. The largest absolute Gasteiger partial charge is 0.389 e. The molecule has 0 amide bonds. The summed E-state index contributed by atoms with van der Waals surface area (Å²) in [5.74, 6) is 1.08. The highest BCUT2D eigenvalue weighted by Crippen LogP contribution is 2.23. The van der Waals surface area contributed by atoms with Crippen LogP contribution in [-0.4, -0.2) is 42.8 Å². The molecule has 2 nitrogen and oxygen atoms in total. The molecule has 5 heteroatoms. The Morgan fingerprint density at radius 1 is 1.10 bits per heavy atom. The lowest BCUT2D eigenvalue weighted by Crippen LogP contribution is -2.59. The van der Waals surface area contributed by atoms with E-state index in [0.717, 1.165) is 19.6 Å². The van der Waals surface area contributed by atoms with Gasteiger partial charge in [0.2, 0.25) is 0 Å². The number of nitrogens with one attached hydrogen (secondary N) is 1. The molecule has 1 fully saturated rings. The first-order valence-corrected chi connectivity index (χ1v) is 7.75. The molecule has 2 atom stereocenters. The van der Waals surface area contributed by atoms with Gasteiger partial charge in [-0.3, -0.25) is 4.90 Å². The lowest BCUT2D eigenvalue weighted by atomic mass is 9.94. The van der Waals surface area contributed by atoms with Crippen molar-refractivity contribution in [3.05, 3.63) is 0 Å². The predicted molar refractivity (Wildman–Crippen MR) is 76.7 cm³/mol. The normalized spacial score (nSPS) is 25.6. The van der Waals surface area contributed by atoms with Crippen LogP contribution >= 0.6 is 0 Å². The number of halogens is 3. The van der Waals surface area contributed by atoms with Crippen molar-refractivity contribution in [1.29, 1.82) is 0 Å². The van der Waals surface area contributed by atoms with Crippen LogP contribution in [0.5, 0.6) is 0 Å². The van der Waals surface area contributed by atoms with Gasteiger partial charge in [0.05, 0.1) is 0 Å². The van der Waals surface area contributed by atoms with Crippen LogP contribution in [-0.2, 0) is 0 Å². The minimum Gasteiger partial charge on any atom is -0.311 e. The van der Waals surface area contributed by atoms with Crippen LogP contribution in [0, 0.1) is 11.8 Å². The third-order valence-corrected chi connectivity index (χ3v) is 4.22. The van der Waals surface area contributed by atoms with Crippen molar-refractivity contribution in [2.24, 2.45) is 11.8 Å². The van der Waals surface area contributed by atoms with Gasteiger partial charge in [-0.1, -0.05) is 27.7 Å². The average Bonchev–Trinajstić information content (AvgIpc) is 2.33. The molecule has 0 aromatic rings. The standard InChI is InChI=1S/C15H29F3N2/c1-11(2)13-10-20(14(9-19-13)12(3)4)8-6-5-7-15(16,17)18/h11-14,19H,5-10H2,1-4H3. The van der Waals surface area contributed by atoms with Crippen LogP contribution in [0.3, 0.4) is 0 Å². The molecule has 120 valence electrons. The maximum Gasteiger partial charge on any atom is 0.389 e. The average molecular weight is 294 g/mol. The fraction of sp³-hybridized carbons (Fsp3) is 1.00. The van der Waals surface area contributed by atoms with Crippen LogP contribution in [0.15, 0.2) is 0 Å². The summed E-state index contributed by atoms with van der Waals surface area (Å²) in [5, 5.41) is 3.57. The minimum absolute atomic E-state index is 0.241. The topological polar surface area (TPSA) is 15.3 Å². The summed E-state index contributed by atoms with van der Waals surface area (Å²) in [4.78, 5) is 2.39. The maximum atomic E-state index is 12.2. The Kier molecular flexibility index (Phi) is 6.79. The summed E-state index contributed by atoms with van der Waals surface area (Å²) in [6.07, 6.45) is -3.79. The van der Waals surface area contributed by atoms with Crippen LogP contribution < -0.4 is 5.32 Å². The van der Waals surface area contributed by atoms with Crippen molar-refractivity contribution < 1.29 is 13.2 Å². The van der Waals surface area contributed by atoms with Gasteiger partial charge >= 0.3 is 6.18 Å². The summed E-state index contributed by atoms with van der Waals surface area (Å²) in [6, 6.07) is 0.892. The van der Waals surface area contributed by atoms with Gasteiger partial charge < -0.3 is 5.32 Å². The molecule has 1 aliphatic rings. The van der Waals surface area contributed by atoms with Crippen LogP contribution in [0.25, 0.3) is 0 Å². The zero-order chi connectivity index (χ0) is 15.3. The molecule has 0 spiro atoms. The number of unbranched alkanes of at least 4 members (excludes halogenated alkanes) is 1. The zero-order valence-corrected chi connectivity index (χ0v) is 13.1. The quantitative estimate of drug-likeness (QED) is 0.752. The van der Waals surface area contributed by atoms with Gasteiger partial charge in [-0.2, -0.15) is 13.2 Å². The Bertz CT molecular complexity index is 277. The first kappa shape index (κ1) is 17.8. The van der Waals surface area contributed by atoms with Crippen LogP contribution in [0.4, 0.5) is 13.2 Å². The molecule has 0 aliphatic carbocycles. The molecule has 0 bridgehead atoms. The monoisotopic (exact) mass is 294 g/mol. The van der Waals surface area contributed by atoms with Gasteiger partial charge in [-0.15, -0.1) is 0 Å². The predicted octanol–water partition coefficient (Wildman–Crippen LogP) is 3.67. The summed E-state index contributed by atoms with van der Waals surface area (Å²) < 4.78 is 36.5. The third-order valence-electron chi connectivity index (χ3n) is 4.22. The molecule has 20 heavy (non-hydrogen) atoms.